The summed E-state index contributed by atoms with van der Waals surface area (Å²) in [6, 6.07) is 0. The van der Waals surface area contributed by atoms with Crippen molar-refractivity contribution in [1.29, 1.82) is 0 Å². The minimum Gasteiger partial charge on any atom is -0.0654 e. The quantitative estimate of drug-likeness (QED) is 0.440. The molecule has 0 saturated heterocycles. The minimum absolute atomic E-state index is 1.01. The van der Waals surface area contributed by atoms with Crippen LogP contribution in [0.5, 0.6) is 0 Å². The standard InChI is InChI=1S/C22H40.C6H12/c1-4-6-12-20-16(3)14-18-10-8-13-21(18)22(20)19-11-7-9-17(5-2)15-19;1-6-4-2-3-5-6/h16-22H,4-15H2,1-3H3;6H,2-5H2,1H3. The summed E-state index contributed by atoms with van der Waals surface area (Å²) in [4.78, 5) is 0. The van der Waals surface area contributed by atoms with Crippen LogP contribution in [0.2, 0.25) is 0 Å². The molecule has 0 aliphatic heterocycles. The second kappa shape index (κ2) is 11.4. The summed E-state index contributed by atoms with van der Waals surface area (Å²) in [6.45, 7) is 9.77. The lowest BCUT2D eigenvalue weighted by Gasteiger charge is -2.50. The van der Waals surface area contributed by atoms with E-state index in [0.717, 1.165) is 47.3 Å². The number of hydrogen-bond donors (Lipinski definition) is 0. The van der Waals surface area contributed by atoms with Gasteiger partial charge in [0.25, 0.3) is 0 Å². The van der Waals surface area contributed by atoms with Gasteiger partial charge in [0.1, 0.15) is 0 Å². The zero-order valence-electron chi connectivity index (χ0n) is 19.9. The summed E-state index contributed by atoms with van der Waals surface area (Å²) in [6.07, 6.45) is 24.3. The Balaban J connectivity index is 0.000000320. The molecule has 0 aromatic heterocycles. The van der Waals surface area contributed by atoms with Crippen molar-refractivity contribution < 1.29 is 0 Å². The Labute approximate surface area is 178 Å². The maximum atomic E-state index is 2.61. The van der Waals surface area contributed by atoms with Crippen molar-refractivity contribution in [2.45, 2.75) is 130 Å². The first-order valence-corrected chi connectivity index (χ1v) is 13.6. The Morgan fingerprint density at radius 1 is 0.714 bits per heavy atom. The van der Waals surface area contributed by atoms with Gasteiger partial charge in [-0.3, -0.25) is 0 Å². The largest absolute Gasteiger partial charge is 0.0654 e. The van der Waals surface area contributed by atoms with Crippen molar-refractivity contribution in [3.63, 3.8) is 0 Å². The third kappa shape index (κ3) is 5.78. The monoisotopic (exact) mass is 388 g/mol. The lowest BCUT2D eigenvalue weighted by molar-refractivity contribution is -0.00540. The number of hydrogen-bond acceptors (Lipinski definition) is 0. The summed E-state index contributed by atoms with van der Waals surface area (Å²) in [5.41, 5.74) is 0. The topological polar surface area (TPSA) is 0 Å². The lowest BCUT2D eigenvalue weighted by Crippen LogP contribution is -2.42. The van der Waals surface area contributed by atoms with Crippen molar-refractivity contribution in [3.8, 4) is 0 Å². The highest BCUT2D eigenvalue weighted by Crippen LogP contribution is 2.56. The van der Waals surface area contributed by atoms with Crippen LogP contribution in [0.3, 0.4) is 0 Å². The molecule has 0 radical (unpaired) electrons. The SMILES string of the molecule is CC1CCCC1.CCCCC1C(C)CC2CCCC2C1C1CCCC(CC)C1. The van der Waals surface area contributed by atoms with E-state index in [1.54, 1.807) is 44.9 Å². The van der Waals surface area contributed by atoms with E-state index in [1.165, 1.54) is 57.8 Å². The predicted molar refractivity (Wildman–Crippen MR) is 124 cm³/mol. The molecular formula is C28H52. The summed E-state index contributed by atoms with van der Waals surface area (Å²) < 4.78 is 0. The molecule has 0 aromatic rings. The van der Waals surface area contributed by atoms with Gasteiger partial charge in [0.05, 0.1) is 0 Å². The molecule has 0 heteroatoms. The molecule has 4 saturated carbocycles. The van der Waals surface area contributed by atoms with E-state index in [1.807, 2.05) is 0 Å². The van der Waals surface area contributed by atoms with E-state index >= 15 is 0 Å². The first-order valence-electron chi connectivity index (χ1n) is 13.6. The zero-order chi connectivity index (χ0) is 19.9. The zero-order valence-corrected chi connectivity index (χ0v) is 19.9. The molecule has 4 rings (SSSR count). The molecule has 0 aromatic carbocycles. The highest BCUT2D eigenvalue weighted by Gasteiger charge is 2.47. The fourth-order valence-electron chi connectivity index (χ4n) is 8.01. The molecule has 7 unspecified atom stereocenters. The van der Waals surface area contributed by atoms with Gasteiger partial charge in [-0.15, -0.1) is 0 Å². The molecule has 0 spiro atoms. The number of unbranched alkanes of at least 4 members (excludes halogenated alkanes) is 1. The van der Waals surface area contributed by atoms with Crippen molar-refractivity contribution in [2.75, 3.05) is 0 Å². The van der Waals surface area contributed by atoms with E-state index in [2.05, 4.69) is 27.7 Å². The van der Waals surface area contributed by atoms with E-state index in [9.17, 15) is 0 Å². The van der Waals surface area contributed by atoms with Gasteiger partial charge in [0.15, 0.2) is 0 Å². The van der Waals surface area contributed by atoms with Crippen molar-refractivity contribution >= 4 is 0 Å². The summed E-state index contributed by atoms with van der Waals surface area (Å²) in [7, 11) is 0. The summed E-state index contributed by atoms with van der Waals surface area (Å²) in [5.74, 6) is 8.62. The molecule has 0 N–H and O–H groups in total. The molecule has 0 bridgehead atoms. The maximum Gasteiger partial charge on any atom is -0.0324 e. The Bertz CT molecular complexity index is 420. The van der Waals surface area contributed by atoms with E-state index in [-0.39, 0.29) is 0 Å². The highest BCUT2D eigenvalue weighted by molar-refractivity contribution is 4.97. The molecular weight excluding hydrogens is 336 g/mol. The molecule has 28 heavy (non-hydrogen) atoms. The average Bonchev–Trinajstić information content (AvgIpc) is 3.37. The first kappa shape index (κ1) is 22.7. The summed E-state index contributed by atoms with van der Waals surface area (Å²) in [5, 5.41) is 0. The van der Waals surface area contributed by atoms with Crippen LogP contribution in [-0.4, -0.2) is 0 Å². The van der Waals surface area contributed by atoms with Gasteiger partial charge in [0, 0.05) is 0 Å². The normalized spacial score (nSPS) is 41.4. The van der Waals surface area contributed by atoms with E-state index in [4.69, 9.17) is 0 Å². The lowest BCUT2D eigenvalue weighted by atomic mass is 9.56. The van der Waals surface area contributed by atoms with Crippen molar-refractivity contribution in [1.82, 2.24) is 0 Å². The Kier molecular flexibility index (Phi) is 9.24. The Hall–Kier alpha value is 0. The summed E-state index contributed by atoms with van der Waals surface area (Å²) >= 11 is 0. The van der Waals surface area contributed by atoms with Crippen LogP contribution in [0.1, 0.15) is 130 Å². The number of fused-ring (bicyclic) bond motifs is 1. The molecule has 4 aliphatic rings. The minimum atomic E-state index is 1.01. The Morgan fingerprint density at radius 2 is 1.43 bits per heavy atom. The molecule has 0 amide bonds. The predicted octanol–water partition coefficient (Wildman–Crippen LogP) is 9.28. The van der Waals surface area contributed by atoms with Crippen LogP contribution in [-0.2, 0) is 0 Å². The average molecular weight is 389 g/mol. The van der Waals surface area contributed by atoms with Crippen molar-refractivity contribution in [3.05, 3.63) is 0 Å². The van der Waals surface area contributed by atoms with Gasteiger partial charge >= 0.3 is 0 Å². The van der Waals surface area contributed by atoms with Crippen molar-refractivity contribution in [2.24, 2.45) is 47.3 Å². The second-order valence-corrected chi connectivity index (χ2v) is 11.5. The van der Waals surface area contributed by atoms with Crippen LogP contribution in [0.15, 0.2) is 0 Å². The van der Waals surface area contributed by atoms with Gasteiger partial charge in [-0.1, -0.05) is 105 Å². The van der Waals surface area contributed by atoms with Gasteiger partial charge in [-0.2, -0.15) is 0 Å². The first-order chi connectivity index (χ1) is 13.6. The van der Waals surface area contributed by atoms with Gasteiger partial charge in [0.2, 0.25) is 0 Å². The highest BCUT2D eigenvalue weighted by atomic mass is 14.5. The molecule has 4 fully saturated rings. The molecule has 0 heterocycles. The third-order valence-electron chi connectivity index (χ3n) is 9.59. The number of rotatable bonds is 5. The van der Waals surface area contributed by atoms with Gasteiger partial charge in [-0.25, -0.2) is 0 Å². The van der Waals surface area contributed by atoms with Crippen LogP contribution >= 0.6 is 0 Å². The Morgan fingerprint density at radius 3 is 2.07 bits per heavy atom. The van der Waals surface area contributed by atoms with Crippen LogP contribution in [0.25, 0.3) is 0 Å². The molecule has 0 nitrogen and oxygen atoms in total. The molecule has 7 atom stereocenters. The van der Waals surface area contributed by atoms with Crippen LogP contribution < -0.4 is 0 Å². The van der Waals surface area contributed by atoms with Crippen LogP contribution in [0, 0.1) is 47.3 Å². The molecule has 4 aliphatic carbocycles. The maximum absolute atomic E-state index is 2.61. The van der Waals surface area contributed by atoms with Crippen LogP contribution in [0.4, 0.5) is 0 Å². The second-order valence-electron chi connectivity index (χ2n) is 11.5. The van der Waals surface area contributed by atoms with E-state index < -0.39 is 0 Å². The van der Waals surface area contributed by atoms with Gasteiger partial charge < -0.3 is 0 Å². The van der Waals surface area contributed by atoms with E-state index in [0.29, 0.717) is 0 Å². The smallest absolute Gasteiger partial charge is 0.0324 e. The fraction of sp³-hybridized carbons (Fsp3) is 1.00. The van der Waals surface area contributed by atoms with Gasteiger partial charge in [-0.05, 0) is 73.0 Å². The molecule has 164 valence electrons. The third-order valence-corrected chi connectivity index (χ3v) is 9.59. The fourth-order valence-corrected chi connectivity index (χ4v) is 8.01.